The van der Waals surface area contributed by atoms with Crippen LogP contribution in [0, 0.1) is 6.92 Å². The third-order valence-electron chi connectivity index (χ3n) is 3.80. The second-order valence-electron chi connectivity index (χ2n) is 6.25. The van der Waals surface area contributed by atoms with Crippen LogP contribution in [0.3, 0.4) is 0 Å². The van der Waals surface area contributed by atoms with Crippen molar-refractivity contribution in [3.05, 3.63) is 76.1 Å². The van der Waals surface area contributed by atoms with Gasteiger partial charge in [-0.2, -0.15) is 5.10 Å². The van der Waals surface area contributed by atoms with Gasteiger partial charge in [0, 0.05) is 23.9 Å². The molecule has 0 spiro atoms. The van der Waals surface area contributed by atoms with Crippen LogP contribution in [0.5, 0.6) is 0 Å². The number of aryl methyl sites for hydroxylation is 1. The van der Waals surface area contributed by atoms with Crippen molar-refractivity contribution in [2.75, 3.05) is 5.32 Å². The summed E-state index contributed by atoms with van der Waals surface area (Å²) in [7, 11) is 0. The lowest BCUT2D eigenvalue weighted by molar-refractivity contribution is 0.577. The predicted octanol–water partition coefficient (Wildman–Crippen LogP) is 6.21. The largest absolute Gasteiger partial charge is 0.461 e. The van der Waals surface area contributed by atoms with Crippen LogP contribution in [0.1, 0.15) is 5.69 Å². The Kier molecular flexibility index (Phi) is 6.69. The van der Waals surface area contributed by atoms with Crippen molar-refractivity contribution in [1.29, 1.82) is 0 Å². The van der Waals surface area contributed by atoms with Crippen molar-refractivity contribution in [3.63, 3.8) is 0 Å². The standard InChI is InChI=1S/C12H10ClN5O.C8H4Cl2N2O/c1-7-5-11(18-17-7)15-10-6-9(13)14-12(16-10)8-3-2-4-19-8;9-6-4-7(10)12-8(11-6)5-2-1-3-13-5/h2-6H,1H3,(H2,14,15,16,17,18);1-4H. The van der Waals surface area contributed by atoms with Crippen LogP contribution in [-0.4, -0.2) is 30.1 Å². The predicted molar refractivity (Wildman–Crippen MR) is 121 cm³/mol. The molecule has 0 fully saturated rings. The molecule has 0 amide bonds. The summed E-state index contributed by atoms with van der Waals surface area (Å²) in [6.07, 6.45) is 3.09. The van der Waals surface area contributed by atoms with E-state index in [0.717, 1.165) is 5.69 Å². The summed E-state index contributed by atoms with van der Waals surface area (Å²) in [5.41, 5.74) is 0.953. The summed E-state index contributed by atoms with van der Waals surface area (Å²) >= 11 is 17.4. The summed E-state index contributed by atoms with van der Waals surface area (Å²) in [5.74, 6) is 3.14. The molecule has 0 aromatic carbocycles. The molecule has 32 heavy (non-hydrogen) atoms. The molecule has 0 saturated carbocycles. The lowest BCUT2D eigenvalue weighted by atomic mass is 10.4. The highest BCUT2D eigenvalue weighted by Gasteiger charge is 2.09. The molecule has 9 nitrogen and oxygen atoms in total. The fourth-order valence-corrected chi connectivity index (χ4v) is 3.12. The minimum atomic E-state index is 0.298. The number of aromatic amines is 1. The van der Waals surface area contributed by atoms with E-state index < -0.39 is 0 Å². The topological polar surface area (TPSA) is 119 Å². The normalized spacial score (nSPS) is 10.5. The molecule has 5 aromatic heterocycles. The Bertz CT molecular complexity index is 1280. The van der Waals surface area contributed by atoms with Crippen LogP contribution < -0.4 is 5.32 Å². The molecular formula is C20H14Cl3N7O2. The van der Waals surface area contributed by atoms with Gasteiger partial charge in [0.1, 0.15) is 21.3 Å². The van der Waals surface area contributed by atoms with E-state index in [0.29, 0.717) is 50.3 Å². The molecule has 0 radical (unpaired) electrons. The van der Waals surface area contributed by atoms with Gasteiger partial charge in [-0.25, -0.2) is 19.9 Å². The first kappa shape index (κ1) is 21.8. The number of hydrogen-bond acceptors (Lipinski definition) is 8. The number of anilines is 2. The first-order valence-corrected chi connectivity index (χ1v) is 10.2. The number of aromatic nitrogens is 6. The summed E-state index contributed by atoms with van der Waals surface area (Å²) in [5, 5.41) is 10.9. The second kappa shape index (κ2) is 9.82. The number of H-pyrrole nitrogens is 1. The highest BCUT2D eigenvalue weighted by Crippen LogP contribution is 2.23. The van der Waals surface area contributed by atoms with E-state index >= 15 is 0 Å². The van der Waals surface area contributed by atoms with Crippen LogP contribution in [0.25, 0.3) is 23.2 Å². The number of rotatable bonds is 4. The maximum atomic E-state index is 5.98. The van der Waals surface area contributed by atoms with Crippen molar-refractivity contribution in [2.45, 2.75) is 6.92 Å². The van der Waals surface area contributed by atoms with E-state index in [4.69, 9.17) is 43.6 Å². The van der Waals surface area contributed by atoms with Crippen LogP contribution in [0.2, 0.25) is 15.5 Å². The molecule has 0 aliphatic carbocycles. The second-order valence-corrected chi connectivity index (χ2v) is 7.41. The zero-order valence-electron chi connectivity index (χ0n) is 16.4. The SMILES string of the molecule is Cc1cc(Nc2cc(Cl)nc(-c3ccco3)n2)n[nH]1.Clc1cc(Cl)nc(-c2ccco2)n1. The zero-order valence-corrected chi connectivity index (χ0v) is 18.7. The quantitative estimate of drug-likeness (QED) is 0.285. The van der Waals surface area contributed by atoms with Crippen LogP contribution >= 0.6 is 34.8 Å². The molecule has 2 N–H and O–H groups in total. The minimum absolute atomic E-state index is 0.298. The summed E-state index contributed by atoms with van der Waals surface area (Å²) in [6, 6.07) is 12.0. The molecule has 162 valence electrons. The van der Waals surface area contributed by atoms with E-state index in [9.17, 15) is 0 Å². The van der Waals surface area contributed by atoms with Crippen LogP contribution in [0.4, 0.5) is 11.6 Å². The molecule has 5 aromatic rings. The third-order valence-corrected chi connectivity index (χ3v) is 4.38. The molecule has 0 aliphatic heterocycles. The first-order valence-electron chi connectivity index (χ1n) is 9.08. The lowest BCUT2D eigenvalue weighted by Crippen LogP contribution is -1.97. The Hall–Kier alpha value is -3.40. The monoisotopic (exact) mass is 489 g/mol. The first-order chi connectivity index (χ1) is 15.5. The Morgan fingerprint density at radius 1 is 0.750 bits per heavy atom. The van der Waals surface area contributed by atoms with Gasteiger partial charge in [0.15, 0.2) is 29.0 Å². The molecule has 0 saturated heterocycles. The van der Waals surface area contributed by atoms with Crippen molar-refractivity contribution in [1.82, 2.24) is 30.1 Å². The molecule has 12 heteroatoms. The van der Waals surface area contributed by atoms with E-state index in [1.54, 1.807) is 36.6 Å². The maximum Gasteiger partial charge on any atom is 0.199 e. The summed E-state index contributed by atoms with van der Waals surface area (Å²) in [4.78, 5) is 16.3. The molecule has 0 unspecified atom stereocenters. The molecule has 0 bridgehead atoms. The fraction of sp³-hybridized carbons (Fsp3) is 0.0500. The van der Waals surface area contributed by atoms with Gasteiger partial charge in [-0.1, -0.05) is 34.8 Å². The van der Waals surface area contributed by atoms with Gasteiger partial charge in [0.05, 0.1) is 12.5 Å². The molecular weight excluding hydrogens is 477 g/mol. The fourth-order valence-electron chi connectivity index (χ4n) is 2.52. The van der Waals surface area contributed by atoms with E-state index in [2.05, 4.69) is 35.5 Å². The van der Waals surface area contributed by atoms with Gasteiger partial charge in [0.25, 0.3) is 0 Å². The summed E-state index contributed by atoms with van der Waals surface area (Å²) < 4.78 is 10.3. The number of nitrogens with zero attached hydrogens (tertiary/aromatic N) is 5. The third kappa shape index (κ3) is 5.64. The highest BCUT2D eigenvalue weighted by molar-refractivity contribution is 6.33. The minimum Gasteiger partial charge on any atom is -0.461 e. The average molecular weight is 491 g/mol. The molecule has 5 rings (SSSR count). The highest BCUT2D eigenvalue weighted by atomic mass is 35.5. The Morgan fingerprint density at radius 3 is 1.81 bits per heavy atom. The van der Waals surface area contributed by atoms with E-state index in [1.807, 2.05) is 13.0 Å². The maximum absolute atomic E-state index is 5.98. The number of hydrogen-bond donors (Lipinski definition) is 2. The average Bonchev–Trinajstić information content (AvgIpc) is 3.51. The van der Waals surface area contributed by atoms with E-state index in [-0.39, 0.29) is 0 Å². The Balaban J connectivity index is 0.000000165. The van der Waals surface area contributed by atoms with Gasteiger partial charge >= 0.3 is 0 Å². The van der Waals surface area contributed by atoms with Crippen molar-refractivity contribution >= 4 is 46.4 Å². The van der Waals surface area contributed by atoms with Crippen LogP contribution in [-0.2, 0) is 0 Å². The van der Waals surface area contributed by atoms with E-state index in [1.165, 1.54) is 12.3 Å². The Morgan fingerprint density at radius 2 is 1.31 bits per heavy atom. The Labute approximate surface area is 196 Å². The van der Waals surface area contributed by atoms with Gasteiger partial charge in [-0.05, 0) is 31.2 Å². The van der Waals surface area contributed by atoms with Gasteiger partial charge in [-0.15, -0.1) is 0 Å². The molecule has 0 aliphatic rings. The summed E-state index contributed by atoms with van der Waals surface area (Å²) in [6.45, 7) is 1.92. The zero-order chi connectivity index (χ0) is 22.5. The van der Waals surface area contributed by atoms with Crippen molar-refractivity contribution < 1.29 is 8.83 Å². The van der Waals surface area contributed by atoms with Crippen molar-refractivity contribution in [3.8, 4) is 23.2 Å². The number of nitrogens with one attached hydrogen (secondary N) is 2. The molecule has 5 heterocycles. The van der Waals surface area contributed by atoms with Gasteiger partial charge < -0.3 is 14.2 Å². The number of halogens is 3. The lowest BCUT2D eigenvalue weighted by Gasteiger charge is -2.04. The van der Waals surface area contributed by atoms with Gasteiger partial charge in [0.2, 0.25) is 0 Å². The smallest absolute Gasteiger partial charge is 0.199 e. The molecule has 0 atom stereocenters. The van der Waals surface area contributed by atoms with Crippen LogP contribution in [0.15, 0.2) is 63.8 Å². The van der Waals surface area contributed by atoms with Crippen molar-refractivity contribution in [2.24, 2.45) is 0 Å². The van der Waals surface area contributed by atoms with Gasteiger partial charge in [-0.3, -0.25) is 5.10 Å². The number of furan rings is 2.